The number of carbonyl (C=O) groups is 3. The summed E-state index contributed by atoms with van der Waals surface area (Å²) in [4.78, 5) is 43.6. The van der Waals surface area contributed by atoms with E-state index in [0.717, 1.165) is 30.3 Å². The Labute approximate surface area is 201 Å². The van der Waals surface area contributed by atoms with Gasteiger partial charge in [0.05, 0.1) is 0 Å². The number of nitrogens with one attached hydrogen (secondary N) is 2. The second-order valence-corrected chi connectivity index (χ2v) is 11.1. The van der Waals surface area contributed by atoms with Gasteiger partial charge in [-0.1, -0.05) is 6.07 Å². The fourth-order valence-corrected chi connectivity index (χ4v) is 6.64. The van der Waals surface area contributed by atoms with Crippen LogP contribution in [0.2, 0.25) is 0 Å². The number of hydrogen-bond acceptors (Lipinski definition) is 6. The molecular weight excluding hydrogens is 430 g/mol. The predicted molar refractivity (Wildman–Crippen MR) is 128 cm³/mol. The van der Waals surface area contributed by atoms with Crippen LogP contribution in [0.25, 0.3) is 0 Å². The number of piperidine rings is 3. The van der Waals surface area contributed by atoms with Gasteiger partial charge in [-0.25, -0.2) is 0 Å². The van der Waals surface area contributed by atoms with E-state index in [9.17, 15) is 14.4 Å². The quantitative estimate of drug-likeness (QED) is 0.653. The van der Waals surface area contributed by atoms with E-state index in [1.165, 1.54) is 58.4 Å². The topological polar surface area (TPSA) is 85.0 Å². The highest BCUT2D eigenvalue weighted by molar-refractivity contribution is 6.05. The molecule has 0 bridgehead atoms. The summed E-state index contributed by atoms with van der Waals surface area (Å²) in [6.07, 6.45) is 5.84. The Hall–Kier alpha value is -2.45. The van der Waals surface area contributed by atoms with Gasteiger partial charge >= 0.3 is 0 Å². The zero-order chi connectivity index (χ0) is 23.3. The normalized spacial score (nSPS) is 27.6. The van der Waals surface area contributed by atoms with Crippen molar-refractivity contribution >= 4 is 23.4 Å². The zero-order valence-electron chi connectivity index (χ0n) is 19.9. The van der Waals surface area contributed by atoms with Crippen molar-refractivity contribution in [2.75, 3.05) is 50.7 Å². The Bertz CT molecular complexity index is 988. The molecule has 1 spiro atoms. The molecule has 5 heterocycles. The number of benzene rings is 1. The van der Waals surface area contributed by atoms with Gasteiger partial charge < -0.3 is 20.0 Å². The Morgan fingerprint density at radius 3 is 2.50 bits per heavy atom. The summed E-state index contributed by atoms with van der Waals surface area (Å²) in [5.41, 5.74) is 3.21. The Morgan fingerprint density at radius 2 is 1.76 bits per heavy atom. The number of hydrogen-bond donors (Lipinski definition) is 2. The molecule has 8 nitrogen and oxygen atoms in total. The van der Waals surface area contributed by atoms with E-state index in [0.29, 0.717) is 23.9 Å². The number of imide groups is 1. The number of amides is 3. The first-order chi connectivity index (χ1) is 16.5. The summed E-state index contributed by atoms with van der Waals surface area (Å²) in [5.74, 6) is 0.162. The standard InChI is InChI=1S/C26H35N5O3/c32-23-4-3-22(24(33)28-23)31-15-19-1-2-20(13-21(19)25(31)34)30-16-26(17-30)7-11-29(12-8-26)14-18-5-9-27-10-6-18/h1-2,13,18,22,27H,3-12,14-17H2,(H,28,32,33). The van der Waals surface area contributed by atoms with Crippen molar-refractivity contribution in [1.82, 2.24) is 20.4 Å². The average molecular weight is 466 g/mol. The summed E-state index contributed by atoms with van der Waals surface area (Å²) in [5, 5.41) is 5.84. The minimum Gasteiger partial charge on any atom is -0.370 e. The van der Waals surface area contributed by atoms with E-state index in [1.807, 2.05) is 12.1 Å². The van der Waals surface area contributed by atoms with Crippen LogP contribution in [0.4, 0.5) is 5.69 Å². The van der Waals surface area contributed by atoms with Crippen molar-refractivity contribution in [1.29, 1.82) is 0 Å². The third kappa shape index (κ3) is 4.01. The highest BCUT2D eigenvalue weighted by atomic mass is 16.2. The third-order valence-electron chi connectivity index (χ3n) is 8.82. The first-order valence-corrected chi connectivity index (χ1v) is 13.0. The van der Waals surface area contributed by atoms with Crippen molar-refractivity contribution in [2.24, 2.45) is 11.3 Å². The number of anilines is 1. The molecule has 1 aromatic carbocycles. The molecule has 0 radical (unpaired) electrons. The lowest BCUT2D eigenvalue weighted by Crippen LogP contribution is -2.60. The number of likely N-dealkylation sites (tertiary alicyclic amines) is 1. The third-order valence-corrected chi connectivity index (χ3v) is 8.82. The monoisotopic (exact) mass is 465 g/mol. The van der Waals surface area contributed by atoms with Gasteiger partial charge in [0, 0.05) is 49.3 Å². The number of carbonyl (C=O) groups excluding carboxylic acids is 3. The molecule has 0 saturated carbocycles. The molecule has 182 valence electrons. The largest absolute Gasteiger partial charge is 0.370 e. The molecule has 1 aromatic rings. The van der Waals surface area contributed by atoms with Gasteiger partial charge in [0.15, 0.2) is 0 Å². The van der Waals surface area contributed by atoms with Gasteiger partial charge in [-0.3, -0.25) is 19.7 Å². The van der Waals surface area contributed by atoms with Gasteiger partial charge in [-0.2, -0.15) is 0 Å². The fourth-order valence-electron chi connectivity index (χ4n) is 6.64. The lowest BCUT2D eigenvalue weighted by atomic mass is 9.71. The summed E-state index contributed by atoms with van der Waals surface area (Å²) in [6.45, 7) is 8.60. The van der Waals surface area contributed by atoms with Gasteiger partial charge in [-0.15, -0.1) is 0 Å². The van der Waals surface area contributed by atoms with E-state index >= 15 is 0 Å². The molecule has 3 amide bonds. The highest BCUT2D eigenvalue weighted by Crippen LogP contribution is 2.43. The number of rotatable bonds is 4. The predicted octanol–water partition coefficient (Wildman–Crippen LogP) is 1.35. The lowest BCUT2D eigenvalue weighted by molar-refractivity contribution is -0.136. The van der Waals surface area contributed by atoms with Crippen LogP contribution in [0.3, 0.4) is 0 Å². The number of fused-ring (bicyclic) bond motifs is 1. The van der Waals surface area contributed by atoms with Crippen LogP contribution in [-0.4, -0.2) is 79.4 Å². The number of nitrogens with zero attached hydrogens (tertiary/aromatic N) is 3. The minimum atomic E-state index is -0.552. The molecule has 4 fully saturated rings. The maximum absolute atomic E-state index is 13.1. The van der Waals surface area contributed by atoms with Crippen LogP contribution < -0.4 is 15.5 Å². The first-order valence-electron chi connectivity index (χ1n) is 13.0. The van der Waals surface area contributed by atoms with Crippen LogP contribution in [0.1, 0.15) is 54.4 Å². The molecule has 1 unspecified atom stereocenters. The Kier molecular flexibility index (Phi) is 5.60. The van der Waals surface area contributed by atoms with E-state index in [2.05, 4.69) is 26.5 Å². The van der Waals surface area contributed by atoms with Crippen LogP contribution in [0, 0.1) is 11.3 Å². The summed E-state index contributed by atoms with van der Waals surface area (Å²) >= 11 is 0. The smallest absolute Gasteiger partial charge is 0.255 e. The van der Waals surface area contributed by atoms with Gasteiger partial charge in [-0.05, 0) is 81.9 Å². The zero-order valence-corrected chi connectivity index (χ0v) is 19.9. The Balaban J connectivity index is 1.05. The Morgan fingerprint density at radius 1 is 1.00 bits per heavy atom. The van der Waals surface area contributed by atoms with Crippen LogP contribution in [-0.2, 0) is 16.1 Å². The van der Waals surface area contributed by atoms with Crippen LogP contribution in [0.5, 0.6) is 0 Å². The molecule has 1 atom stereocenters. The summed E-state index contributed by atoms with van der Waals surface area (Å²) in [6, 6.07) is 5.63. The lowest BCUT2D eigenvalue weighted by Gasteiger charge is -2.55. The van der Waals surface area contributed by atoms with E-state index in [-0.39, 0.29) is 24.1 Å². The first kappa shape index (κ1) is 22.0. The fraction of sp³-hybridized carbons (Fsp3) is 0.654. The van der Waals surface area contributed by atoms with Crippen molar-refractivity contribution in [3.63, 3.8) is 0 Å². The molecular formula is C26H35N5O3. The van der Waals surface area contributed by atoms with Crippen molar-refractivity contribution in [3.05, 3.63) is 29.3 Å². The summed E-state index contributed by atoms with van der Waals surface area (Å²) < 4.78 is 0. The van der Waals surface area contributed by atoms with Gasteiger partial charge in [0.25, 0.3) is 5.91 Å². The van der Waals surface area contributed by atoms with E-state index < -0.39 is 6.04 Å². The molecule has 4 saturated heterocycles. The van der Waals surface area contributed by atoms with Gasteiger partial charge in [0.1, 0.15) is 6.04 Å². The second-order valence-electron chi connectivity index (χ2n) is 11.1. The summed E-state index contributed by atoms with van der Waals surface area (Å²) in [7, 11) is 0. The molecule has 5 aliphatic rings. The van der Waals surface area contributed by atoms with Crippen molar-refractivity contribution in [2.45, 2.75) is 51.1 Å². The van der Waals surface area contributed by atoms with E-state index in [4.69, 9.17) is 0 Å². The van der Waals surface area contributed by atoms with Crippen molar-refractivity contribution < 1.29 is 14.4 Å². The SMILES string of the molecule is O=C1CCC(N2Cc3ccc(N4CC5(CCN(CC6CCNCC6)CC5)C4)cc3C2=O)C(=O)N1. The minimum absolute atomic E-state index is 0.0900. The van der Waals surface area contributed by atoms with E-state index in [1.54, 1.807) is 4.90 Å². The van der Waals surface area contributed by atoms with Crippen LogP contribution >= 0.6 is 0 Å². The molecule has 0 aromatic heterocycles. The maximum atomic E-state index is 13.1. The molecule has 6 rings (SSSR count). The average Bonchev–Trinajstić information content (AvgIpc) is 3.14. The maximum Gasteiger partial charge on any atom is 0.255 e. The highest BCUT2D eigenvalue weighted by Gasteiger charge is 2.46. The molecule has 34 heavy (non-hydrogen) atoms. The van der Waals surface area contributed by atoms with Crippen molar-refractivity contribution in [3.8, 4) is 0 Å². The molecule has 5 aliphatic heterocycles. The molecule has 0 aliphatic carbocycles. The van der Waals surface area contributed by atoms with Gasteiger partial charge in [0.2, 0.25) is 11.8 Å². The molecule has 8 heteroatoms. The molecule has 2 N–H and O–H groups in total. The van der Waals surface area contributed by atoms with Crippen LogP contribution in [0.15, 0.2) is 18.2 Å². The second kappa shape index (κ2) is 8.64.